The summed E-state index contributed by atoms with van der Waals surface area (Å²) >= 11 is 0. The van der Waals surface area contributed by atoms with Gasteiger partial charge in [-0.3, -0.25) is 0 Å². The molecule has 1 unspecified atom stereocenters. The minimum atomic E-state index is -4.41. The molecule has 0 aromatic heterocycles. The molecular formula is C10H12F3NO3S. The molecule has 0 spiro atoms. The molecule has 18 heavy (non-hydrogen) atoms. The van der Waals surface area contributed by atoms with Gasteiger partial charge in [0.25, 0.3) is 0 Å². The summed E-state index contributed by atoms with van der Waals surface area (Å²) in [7, 11) is -4.41. The number of nitrogens with one attached hydrogen (secondary N) is 1. The van der Waals surface area contributed by atoms with Gasteiger partial charge in [0.05, 0.1) is 6.10 Å². The van der Waals surface area contributed by atoms with Crippen molar-refractivity contribution in [3.05, 3.63) is 29.6 Å². The minimum Gasteiger partial charge on any atom is -0.393 e. The molecule has 1 atom stereocenters. The Bertz CT molecular complexity index is 508. The predicted octanol–water partition coefficient (Wildman–Crippen LogP) is 1.15. The highest BCUT2D eigenvalue weighted by molar-refractivity contribution is 7.89. The van der Waals surface area contributed by atoms with Crippen molar-refractivity contribution in [1.82, 2.24) is 4.72 Å². The Hall–Kier alpha value is -1.12. The van der Waals surface area contributed by atoms with Crippen molar-refractivity contribution in [1.29, 1.82) is 0 Å². The molecule has 1 aromatic carbocycles. The van der Waals surface area contributed by atoms with Gasteiger partial charge in [-0.2, -0.15) is 0 Å². The molecule has 0 bridgehead atoms. The van der Waals surface area contributed by atoms with Crippen LogP contribution in [0.2, 0.25) is 0 Å². The molecule has 0 aliphatic heterocycles. The number of aliphatic hydroxyl groups is 1. The van der Waals surface area contributed by atoms with Crippen LogP contribution in [0.15, 0.2) is 17.0 Å². The van der Waals surface area contributed by atoms with Gasteiger partial charge in [0.2, 0.25) is 10.0 Å². The molecule has 0 amide bonds. The zero-order valence-corrected chi connectivity index (χ0v) is 10.3. The average molecular weight is 283 g/mol. The Morgan fingerprint density at radius 1 is 1.28 bits per heavy atom. The summed E-state index contributed by atoms with van der Waals surface area (Å²) in [5.41, 5.74) is 0. The van der Waals surface area contributed by atoms with E-state index in [2.05, 4.69) is 0 Å². The monoisotopic (exact) mass is 283 g/mol. The lowest BCUT2D eigenvalue weighted by Gasteiger charge is -2.09. The highest BCUT2D eigenvalue weighted by Gasteiger charge is 2.24. The van der Waals surface area contributed by atoms with E-state index >= 15 is 0 Å². The quantitative estimate of drug-likeness (QED) is 0.852. The van der Waals surface area contributed by atoms with Gasteiger partial charge in [-0.05, 0) is 13.3 Å². The number of aliphatic hydroxyl groups excluding tert-OH is 1. The van der Waals surface area contributed by atoms with Gasteiger partial charge in [0, 0.05) is 18.7 Å². The molecule has 1 rings (SSSR count). The second kappa shape index (κ2) is 5.68. The molecule has 102 valence electrons. The molecule has 0 fully saturated rings. The van der Waals surface area contributed by atoms with Gasteiger partial charge in [0.1, 0.15) is 17.5 Å². The van der Waals surface area contributed by atoms with Gasteiger partial charge >= 0.3 is 0 Å². The van der Waals surface area contributed by atoms with Crippen LogP contribution in [0, 0.1) is 17.5 Å². The van der Waals surface area contributed by atoms with Crippen LogP contribution in [-0.4, -0.2) is 26.2 Å². The largest absolute Gasteiger partial charge is 0.393 e. The van der Waals surface area contributed by atoms with E-state index in [1.807, 2.05) is 4.72 Å². The number of halogens is 3. The van der Waals surface area contributed by atoms with Gasteiger partial charge in [-0.25, -0.2) is 26.3 Å². The summed E-state index contributed by atoms with van der Waals surface area (Å²) in [4.78, 5) is -1.23. The predicted molar refractivity (Wildman–Crippen MR) is 57.8 cm³/mol. The number of hydrogen-bond donors (Lipinski definition) is 2. The van der Waals surface area contributed by atoms with E-state index in [1.165, 1.54) is 6.92 Å². The Labute approximate surface area is 102 Å². The van der Waals surface area contributed by atoms with Crippen LogP contribution in [0.4, 0.5) is 13.2 Å². The molecule has 0 saturated heterocycles. The summed E-state index contributed by atoms with van der Waals surface area (Å²) in [5.74, 6) is -4.21. The van der Waals surface area contributed by atoms with Crippen LogP contribution in [0.1, 0.15) is 13.3 Å². The third-order valence-electron chi connectivity index (χ3n) is 2.09. The van der Waals surface area contributed by atoms with E-state index in [-0.39, 0.29) is 25.1 Å². The maximum Gasteiger partial charge on any atom is 0.246 e. The van der Waals surface area contributed by atoms with Gasteiger partial charge < -0.3 is 5.11 Å². The van der Waals surface area contributed by atoms with Crippen LogP contribution in [0.25, 0.3) is 0 Å². The van der Waals surface area contributed by atoms with Crippen LogP contribution in [0.5, 0.6) is 0 Å². The minimum absolute atomic E-state index is 0.0870. The zero-order valence-electron chi connectivity index (χ0n) is 9.45. The highest BCUT2D eigenvalue weighted by Crippen LogP contribution is 2.19. The molecule has 0 aliphatic carbocycles. The van der Waals surface area contributed by atoms with Gasteiger partial charge in [-0.15, -0.1) is 0 Å². The Morgan fingerprint density at radius 3 is 2.22 bits per heavy atom. The molecule has 2 N–H and O–H groups in total. The molecule has 0 radical (unpaired) electrons. The fraction of sp³-hybridized carbons (Fsp3) is 0.400. The maximum atomic E-state index is 13.2. The third-order valence-corrected chi connectivity index (χ3v) is 3.60. The van der Waals surface area contributed by atoms with Crippen molar-refractivity contribution in [2.75, 3.05) is 6.54 Å². The first-order valence-corrected chi connectivity index (χ1v) is 6.54. The topological polar surface area (TPSA) is 66.4 Å². The second-order valence-electron chi connectivity index (χ2n) is 3.73. The van der Waals surface area contributed by atoms with Gasteiger partial charge in [0.15, 0.2) is 4.90 Å². The first-order valence-electron chi connectivity index (χ1n) is 5.06. The lowest BCUT2D eigenvalue weighted by Crippen LogP contribution is -2.28. The lowest BCUT2D eigenvalue weighted by molar-refractivity contribution is 0.186. The van der Waals surface area contributed by atoms with E-state index in [9.17, 15) is 21.6 Å². The molecule has 0 saturated carbocycles. The summed E-state index contributed by atoms with van der Waals surface area (Å²) in [6.07, 6.45) is -0.667. The summed E-state index contributed by atoms with van der Waals surface area (Å²) in [6, 6.07) is 0.568. The molecular weight excluding hydrogens is 271 g/mol. The summed E-state index contributed by atoms with van der Waals surface area (Å²) in [6.45, 7) is 1.25. The standard InChI is InChI=1S/C10H12F3NO3S/c1-6(15)2-3-14-18(16,17)10-8(12)4-7(11)5-9(10)13/h4-6,14-15H,2-3H2,1H3. The Kier molecular flexibility index (Phi) is 4.71. The molecule has 0 heterocycles. The summed E-state index contributed by atoms with van der Waals surface area (Å²) in [5, 5.41) is 8.93. The number of hydrogen-bond acceptors (Lipinski definition) is 3. The average Bonchev–Trinajstić information content (AvgIpc) is 2.13. The first kappa shape index (κ1) is 14.9. The molecule has 8 heteroatoms. The fourth-order valence-electron chi connectivity index (χ4n) is 1.26. The van der Waals surface area contributed by atoms with Crippen molar-refractivity contribution in [3.8, 4) is 0 Å². The number of sulfonamides is 1. The third kappa shape index (κ3) is 3.69. The maximum absolute atomic E-state index is 13.2. The zero-order chi connectivity index (χ0) is 13.9. The second-order valence-corrected chi connectivity index (χ2v) is 5.44. The van der Waals surface area contributed by atoms with Crippen LogP contribution >= 0.6 is 0 Å². The van der Waals surface area contributed by atoms with E-state index in [1.54, 1.807) is 0 Å². The first-order chi connectivity index (χ1) is 8.24. The van der Waals surface area contributed by atoms with E-state index in [0.29, 0.717) is 0 Å². The van der Waals surface area contributed by atoms with Crippen molar-refractivity contribution in [2.24, 2.45) is 0 Å². The highest BCUT2D eigenvalue weighted by atomic mass is 32.2. The number of rotatable bonds is 5. The van der Waals surface area contributed by atoms with Crippen LogP contribution in [0.3, 0.4) is 0 Å². The lowest BCUT2D eigenvalue weighted by atomic mass is 10.3. The van der Waals surface area contributed by atoms with Crippen molar-refractivity contribution in [3.63, 3.8) is 0 Å². The smallest absolute Gasteiger partial charge is 0.246 e. The number of benzene rings is 1. The van der Waals surface area contributed by atoms with Crippen LogP contribution < -0.4 is 4.72 Å². The normalized spacial score (nSPS) is 13.6. The van der Waals surface area contributed by atoms with Crippen molar-refractivity contribution >= 4 is 10.0 Å². The van der Waals surface area contributed by atoms with E-state index < -0.39 is 38.5 Å². The molecule has 0 aliphatic rings. The SMILES string of the molecule is CC(O)CCNS(=O)(=O)c1c(F)cc(F)cc1F. The van der Waals surface area contributed by atoms with Crippen molar-refractivity contribution in [2.45, 2.75) is 24.3 Å². The van der Waals surface area contributed by atoms with E-state index in [0.717, 1.165) is 0 Å². The van der Waals surface area contributed by atoms with E-state index in [4.69, 9.17) is 5.11 Å². The Morgan fingerprint density at radius 2 is 1.78 bits per heavy atom. The van der Waals surface area contributed by atoms with Crippen LogP contribution in [-0.2, 0) is 10.0 Å². The Balaban J connectivity index is 2.99. The molecule has 4 nitrogen and oxygen atoms in total. The summed E-state index contributed by atoms with van der Waals surface area (Å²) < 4.78 is 64.2. The van der Waals surface area contributed by atoms with Crippen molar-refractivity contribution < 1.29 is 26.7 Å². The fourth-order valence-corrected chi connectivity index (χ4v) is 2.42. The molecule has 1 aromatic rings. The van der Waals surface area contributed by atoms with Gasteiger partial charge in [-0.1, -0.05) is 0 Å².